The van der Waals surface area contributed by atoms with Gasteiger partial charge in [0.15, 0.2) is 0 Å². The van der Waals surface area contributed by atoms with Crippen molar-refractivity contribution in [3.8, 4) is 0 Å². The normalized spacial score (nSPS) is 22.4. The van der Waals surface area contributed by atoms with Gasteiger partial charge in [-0.05, 0) is 81.2 Å². The molecule has 0 nitrogen and oxygen atoms in total. The van der Waals surface area contributed by atoms with Crippen molar-refractivity contribution in [3.05, 3.63) is 87.1 Å². The monoisotopic (exact) mass is 414 g/mol. The summed E-state index contributed by atoms with van der Waals surface area (Å²) in [4.78, 5) is 0. The fourth-order valence-corrected chi connectivity index (χ4v) is 3.91. The minimum Gasteiger partial charge on any atom is -0.0915 e. The molecule has 0 aromatic heterocycles. The first-order valence-electron chi connectivity index (χ1n) is 8.15. The maximum atomic E-state index is 4.28. The molecule has 1 aromatic rings. The molecule has 0 spiro atoms. The molecule has 23 heavy (non-hydrogen) atoms. The summed E-state index contributed by atoms with van der Waals surface area (Å²) in [5.41, 5.74) is 7.08. The van der Waals surface area contributed by atoms with Crippen LogP contribution >= 0.6 is 22.6 Å². The Labute approximate surface area is 153 Å². The molecule has 0 bridgehead atoms. The van der Waals surface area contributed by atoms with Crippen molar-refractivity contribution < 1.29 is 0 Å². The van der Waals surface area contributed by atoms with Gasteiger partial charge in [-0.1, -0.05) is 69.0 Å². The Balaban J connectivity index is 1.93. The van der Waals surface area contributed by atoms with Crippen molar-refractivity contribution in [3.63, 3.8) is 0 Å². The van der Waals surface area contributed by atoms with Crippen LogP contribution in [0.25, 0.3) is 5.57 Å². The van der Waals surface area contributed by atoms with E-state index in [0.29, 0.717) is 5.92 Å². The van der Waals surface area contributed by atoms with E-state index < -0.39 is 0 Å². The van der Waals surface area contributed by atoms with E-state index in [1.54, 1.807) is 0 Å². The summed E-state index contributed by atoms with van der Waals surface area (Å²) in [5, 5.41) is 0. The smallest absolute Gasteiger partial charge is 0.00873 e. The molecule has 2 aliphatic carbocycles. The van der Waals surface area contributed by atoms with E-state index >= 15 is 0 Å². The van der Waals surface area contributed by atoms with E-state index in [1.165, 1.54) is 25.9 Å². The van der Waals surface area contributed by atoms with Crippen molar-refractivity contribution in [1.29, 1.82) is 0 Å². The molecule has 1 aromatic carbocycles. The molecular formula is C22H23I. The van der Waals surface area contributed by atoms with Crippen molar-refractivity contribution >= 4 is 28.2 Å². The SMILES string of the molecule is C=C(/C=C\C(I)=C/C)C1=CC=C2c3ccccc3C(C)(C)C2C1. The van der Waals surface area contributed by atoms with Crippen molar-refractivity contribution in [2.75, 3.05) is 0 Å². The second-order valence-electron chi connectivity index (χ2n) is 6.87. The highest BCUT2D eigenvalue weighted by Crippen LogP contribution is 2.54. The predicted octanol–water partition coefficient (Wildman–Crippen LogP) is 6.76. The number of allylic oxidation sites excluding steroid dienone is 9. The molecule has 1 unspecified atom stereocenters. The summed E-state index contributed by atoms with van der Waals surface area (Å²) in [6, 6.07) is 8.87. The Bertz CT molecular complexity index is 769. The van der Waals surface area contributed by atoms with Crippen molar-refractivity contribution in [1.82, 2.24) is 0 Å². The Morgan fingerprint density at radius 1 is 1.22 bits per heavy atom. The van der Waals surface area contributed by atoms with Gasteiger partial charge in [0.1, 0.15) is 0 Å². The molecule has 0 radical (unpaired) electrons. The number of halogens is 1. The van der Waals surface area contributed by atoms with E-state index in [1.807, 2.05) is 0 Å². The van der Waals surface area contributed by atoms with Gasteiger partial charge in [0.2, 0.25) is 0 Å². The van der Waals surface area contributed by atoms with Gasteiger partial charge >= 0.3 is 0 Å². The second-order valence-corrected chi connectivity index (χ2v) is 8.12. The average molecular weight is 414 g/mol. The lowest BCUT2D eigenvalue weighted by Gasteiger charge is -2.31. The standard InChI is InChI=1S/C22H23I/c1-5-17(23)12-10-15(2)16-11-13-19-18-8-6-7-9-20(18)22(3,4)21(19)14-16/h5-13,21H,2,14H2,1,3-4H3/b12-10-,17-5+. The molecule has 0 N–H and O–H groups in total. The molecule has 0 saturated heterocycles. The average Bonchev–Trinajstić information content (AvgIpc) is 2.80. The molecule has 1 heteroatoms. The van der Waals surface area contributed by atoms with Crippen LogP contribution in [0.4, 0.5) is 0 Å². The fraction of sp³-hybridized carbons (Fsp3) is 0.273. The lowest BCUT2D eigenvalue weighted by atomic mass is 9.72. The summed E-state index contributed by atoms with van der Waals surface area (Å²) in [5.74, 6) is 0.547. The van der Waals surface area contributed by atoms with Gasteiger partial charge in [0.25, 0.3) is 0 Å². The largest absolute Gasteiger partial charge is 0.0915 e. The lowest BCUT2D eigenvalue weighted by molar-refractivity contribution is 0.409. The minimum atomic E-state index is 0.184. The highest BCUT2D eigenvalue weighted by molar-refractivity contribution is 14.1. The fourth-order valence-electron chi connectivity index (χ4n) is 3.73. The first-order chi connectivity index (χ1) is 10.9. The van der Waals surface area contributed by atoms with Crippen LogP contribution in [-0.4, -0.2) is 0 Å². The van der Waals surface area contributed by atoms with Gasteiger partial charge in [0, 0.05) is 3.58 Å². The molecule has 0 aliphatic heterocycles. The molecule has 1 atom stereocenters. The third kappa shape index (κ3) is 2.91. The maximum Gasteiger partial charge on any atom is 0.00873 e. The van der Waals surface area contributed by atoms with Crippen LogP contribution in [-0.2, 0) is 5.41 Å². The summed E-state index contributed by atoms with van der Waals surface area (Å²) in [6.45, 7) is 11.1. The van der Waals surface area contributed by atoms with Crippen molar-refractivity contribution in [2.24, 2.45) is 5.92 Å². The van der Waals surface area contributed by atoms with Crippen molar-refractivity contribution in [2.45, 2.75) is 32.6 Å². The highest BCUT2D eigenvalue weighted by Gasteiger charge is 2.43. The first-order valence-corrected chi connectivity index (χ1v) is 9.23. The Kier molecular flexibility index (Phi) is 4.50. The van der Waals surface area contributed by atoms with E-state index in [4.69, 9.17) is 0 Å². The molecule has 0 fully saturated rings. The zero-order valence-corrected chi connectivity index (χ0v) is 16.2. The molecule has 118 valence electrons. The van der Waals surface area contributed by atoms with Gasteiger partial charge in [-0.15, -0.1) is 0 Å². The van der Waals surface area contributed by atoms with Gasteiger partial charge < -0.3 is 0 Å². The number of rotatable bonds is 3. The molecule has 0 saturated carbocycles. The number of hydrogen-bond donors (Lipinski definition) is 0. The Hall–Kier alpha value is -1.35. The molecule has 0 heterocycles. The topological polar surface area (TPSA) is 0 Å². The third-order valence-electron chi connectivity index (χ3n) is 5.20. The molecular weight excluding hydrogens is 391 g/mol. The van der Waals surface area contributed by atoms with Crippen LogP contribution in [0.2, 0.25) is 0 Å². The highest BCUT2D eigenvalue weighted by atomic mass is 127. The zero-order valence-electron chi connectivity index (χ0n) is 14.1. The second kappa shape index (κ2) is 6.27. The number of fused-ring (bicyclic) bond motifs is 3. The van der Waals surface area contributed by atoms with E-state index in [0.717, 1.165) is 12.0 Å². The number of hydrogen-bond acceptors (Lipinski definition) is 0. The quantitative estimate of drug-likeness (QED) is 0.379. The van der Waals surface area contributed by atoms with E-state index in [-0.39, 0.29) is 5.41 Å². The summed E-state index contributed by atoms with van der Waals surface area (Å²) in [7, 11) is 0. The third-order valence-corrected chi connectivity index (χ3v) is 6.18. The number of benzene rings is 1. The van der Waals surface area contributed by atoms with Gasteiger partial charge in [-0.2, -0.15) is 0 Å². The molecule has 0 amide bonds. The van der Waals surface area contributed by atoms with Crippen LogP contribution in [0.5, 0.6) is 0 Å². The Morgan fingerprint density at radius 3 is 2.70 bits per heavy atom. The minimum absolute atomic E-state index is 0.184. The van der Waals surface area contributed by atoms with Crippen LogP contribution in [0.15, 0.2) is 76.0 Å². The molecule has 3 rings (SSSR count). The first kappa shape index (κ1) is 16.5. The van der Waals surface area contributed by atoms with Gasteiger partial charge in [-0.25, -0.2) is 0 Å². The van der Waals surface area contributed by atoms with Gasteiger partial charge in [0.05, 0.1) is 0 Å². The van der Waals surface area contributed by atoms with Crippen LogP contribution in [0.1, 0.15) is 38.3 Å². The summed E-state index contributed by atoms with van der Waals surface area (Å²) < 4.78 is 1.24. The van der Waals surface area contributed by atoms with E-state index in [9.17, 15) is 0 Å². The summed E-state index contributed by atoms with van der Waals surface area (Å²) in [6.07, 6.45) is 12.0. The van der Waals surface area contributed by atoms with Crippen LogP contribution in [0.3, 0.4) is 0 Å². The predicted molar refractivity (Wildman–Crippen MR) is 110 cm³/mol. The van der Waals surface area contributed by atoms with E-state index in [2.05, 4.69) is 105 Å². The summed E-state index contributed by atoms with van der Waals surface area (Å²) >= 11 is 2.34. The zero-order chi connectivity index (χ0) is 16.6. The molecule has 2 aliphatic rings. The van der Waals surface area contributed by atoms with Crippen LogP contribution in [0, 0.1) is 5.92 Å². The van der Waals surface area contributed by atoms with Gasteiger partial charge in [-0.3, -0.25) is 0 Å². The van der Waals surface area contributed by atoms with Crippen LogP contribution < -0.4 is 0 Å². The maximum absolute atomic E-state index is 4.28. The Morgan fingerprint density at radius 2 is 1.96 bits per heavy atom. The lowest BCUT2D eigenvalue weighted by Crippen LogP contribution is -2.25.